The molecule has 1 aromatic carbocycles. The number of aromatic hydroxyl groups is 1. The molecule has 1 saturated heterocycles. The molecule has 2 bridgehead atoms. The van der Waals surface area contributed by atoms with E-state index >= 15 is 0 Å². The first-order valence-corrected chi connectivity index (χ1v) is 12.8. The molecule has 0 radical (unpaired) electrons. The summed E-state index contributed by atoms with van der Waals surface area (Å²) in [6.07, 6.45) is -2.70. The number of anilines is 1. The van der Waals surface area contributed by atoms with Gasteiger partial charge in [-0.15, -0.1) is 0 Å². The number of alkyl halides is 3. The Morgan fingerprint density at radius 3 is 2.63 bits per heavy atom. The van der Waals surface area contributed by atoms with Crippen LogP contribution >= 0.6 is 0 Å². The molecule has 7 nitrogen and oxygen atoms in total. The SMILES string of the molecule is CCS(=O)(=O)NC[C@@]12[C@H]3CC[C@H](C3)[C@@H]1CN(c1ccc(O)c(C(F)(F)F)c1)S2(=O)=O. The highest BCUT2D eigenvalue weighted by atomic mass is 32.2. The van der Waals surface area contributed by atoms with E-state index in [1.54, 1.807) is 0 Å². The maximum atomic E-state index is 13.7. The molecule has 4 rings (SSSR count). The number of rotatable bonds is 5. The lowest BCUT2D eigenvalue weighted by molar-refractivity contribution is -0.138. The number of phenols is 1. The molecular weight excluding hydrogens is 445 g/mol. The smallest absolute Gasteiger partial charge is 0.420 e. The van der Waals surface area contributed by atoms with Crippen molar-refractivity contribution in [3.8, 4) is 5.75 Å². The summed E-state index contributed by atoms with van der Waals surface area (Å²) in [4.78, 5) is 0. The molecule has 0 unspecified atom stereocenters. The number of benzene rings is 1. The van der Waals surface area contributed by atoms with Crippen molar-refractivity contribution in [2.75, 3.05) is 23.1 Å². The van der Waals surface area contributed by atoms with Crippen LogP contribution in [0.3, 0.4) is 0 Å². The molecule has 168 valence electrons. The average Bonchev–Trinajstić information content (AvgIpc) is 3.30. The first kappa shape index (κ1) is 21.7. The van der Waals surface area contributed by atoms with Gasteiger partial charge >= 0.3 is 6.18 Å². The predicted molar refractivity (Wildman–Crippen MR) is 104 cm³/mol. The van der Waals surface area contributed by atoms with E-state index in [0.717, 1.165) is 22.9 Å². The van der Waals surface area contributed by atoms with Crippen molar-refractivity contribution in [3.63, 3.8) is 0 Å². The minimum atomic E-state index is -4.84. The van der Waals surface area contributed by atoms with Crippen molar-refractivity contribution in [3.05, 3.63) is 23.8 Å². The van der Waals surface area contributed by atoms with Crippen LogP contribution in [0.1, 0.15) is 31.7 Å². The molecule has 3 aliphatic rings. The minimum absolute atomic E-state index is 0.000570. The van der Waals surface area contributed by atoms with Gasteiger partial charge in [0.2, 0.25) is 20.0 Å². The van der Waals surface area contributed by atoms with Gasteiger partial charge in [-0.2, -0.15) is 13.2 Å². The van der Waals surface area contributed by atoms with Crippen molar-refractivity contribution in [2.45, 2.75) is 37.1 Å². The van der Waals surface area contributed by atoms with E-state index in [1.165, 1.54) is 6.92 Å². The molecule has 2 N–H and O–H groups in total. The Kier molecular flexibility index (Phi) is 4.87. The predicted octanol–water partition coefficient (Wildman–Crippen LogP) is 2.29. The average molecular weight is 469 g/mol. The van der Waals surface area contributed by atoms with Gasteiger partial charge in [0.15, 0.2) is 0 Å². The Hall–Kier alpha value is -1.53. The summed E-state index contributed by atoms with van der Waals surface area (Å²) < 4.78 is 93.2. The van der Waals surface area contributed by atoms with Crippen LogP contribution in [0.25, 0.3) is 0 Å². The maximum Gasteiger partial charge on any atom is 0.420 e. The van der Waals surface area contributed by atoms with Gasteiger partial charge in [0, 0.05) is 19.0 Å². The molecule has 3 fully saturated rings. The first-order chi connectivity index (χ1) is 13.8. The zero-order chi connectivity index (χ0) is 22.1. The van der Waals surface area contributed by atoms with E-state index in [-0.39, 0.29) is 42.3 Å². The zero-order valence-corrected chi connectivity index (χ0v) is 17.8. The normalized spacial score (nSPS) is 32.5. The van der Waals surface area contributed by atoms with E-state index < -0.39 is 42.3 Å². The first-order valence-electron chi connectivity index (χ1n) is 9.73. The Morgan fingerprint density at radius 1 is 1.30 bits per heavy atom. The van der Waals surface area contributed by atoms with Crippen LogP contribution in [0.5, 0.6) is 5.75 Å². The van der Waals surface area contributed by atoms with E-state index in [4.69, 9.17) is 0 Å². The van der Waals surface area contributed by atoms with Gasteiger partial charge in [-0.05, 0) is 56.2 Å². The highest BCUT2D eigenvalue weighted by Crippen LogP contribution is 2.62. The second-order valence-electron chi connectivity index (χ2n) is 8.29. The Balaban J connectivity index is 1.78. The topological polar surface area (TPSA) is 104 Å². The van der Waals surface area contributed by atoms with E-state index in [2.05, 4.69) is 4.72 Å². The number of hydrogen-bond acceptors (Lipinski definition) is 5. The maximum absolute atomic E-state index is 13.7. The molecule has 2 saturated carbocycles. The molecular formula is C18H23F3N2O5S2. The van der Waals surface area contributed by atoms with E-state index in [9.17, 15) is 35.1 Å². The highest BCUT2D eigenvalue weighted by molar-refractivity contribution is 7.94. The molecule has 30 heavy (non-hydrogen) atoms. The molecule has 1 aliphatic heterocycles. The molecule has 12 heteroatoms. The Labute approximate surface area is 173 Å². The van der Waals surface area contributed by atoms with Crippen LogP contribution in [-0.4, -0.2) is 45.5 Å². The van der Waals surface area contributed by atoms with Crippen molar-refractivity contribution in [1.29, 1.82) is 0 Å². The molecule has 0 amide bonds. The third-order valence-electron chi connectivity index (χ3n) is 7.02. The van der Waals surface area contributed by atoms with Crippen molar-refractivity contribution in [1.82, 2.24) is 4.72 Å². The minimum Gasteiger partial charge on any atom is -0.507 e. The van der Waals surface area contributed by atoms with Gasteiger partial charge in [-0.25, -0.2) is 21.6 Å². The van der Waals surface area contributed by atoms with Crippen LogP contribution in [0.4, 0.5) is 18.9 Å². The number of nitrogens with one attached hydrogen (secondary N) is 1. The summed E-state index contributed by atoms with van der Waals surface area (Å²) in [7, 11) is -7.80. The summed E-state index contributed by atoms with van der Waals surface area (Å²) in [5, 5.41) is 9.59. The van der Waals surface area contributed by atoms with Gasteiger partial charge in [-0.1, -0.05) is 0 Å². The number of halogens is 3. The Morgan fingerprint density at radius 2 is 2.00 bits per heavy atom. The quantitative estimate of drug-likeness (QED) is 0.690. The van der Waals surface area contributed by atoms with Gasteiger partial charge in [-0.3, -0.25) is 4.31 Å². The second kappa shape index (κ2) is 6.73. The largest absolute Gasteiger partial charge is 0.507 e. The zero-order valence-electron chi connectivity index (χ0n) is 16.2. The third kappa shape index (κ3) is 3.01. The van der Waals surface area contributed by atoms with Gasteiger partial charge < -0.3 is 5.11 Å². The lowest BCUT2D eigenvalue weighted by Crippen LogP contribution is -2.55. The van der Waals surface area contributed by atoms with Crippen LogP contribution in [0.15, 0.2) is 18.2 Å². The molecule has 1 heterocycles. The van der Waals surface area contributed by atoms with Crippen molar-refractivity contribution in [2.24, 2.45) is 17.8 Å². The van der Waals surface area contributed by atoms with E-state index in [1.807, 2.05) is 0 Å². The van der Waals surface area contributed by atoms with Gasteiger partial charge in [0.05, 0.1) is 17.0 Å². The Bertz CT molecular complexity index is 1070. The van der Waals surface area contributed by atoms with Crippen LogP contribution in [-0.2, 0) is 26.2 Å². The van der Waals surface area contributed by atoms with Crippen molar-refractivity contribution >= 4 is 25.7 Å². The monoisotopic (exact) mass is 468 g/mol. The van der Waals surface area contributed by atoms with Crippen LogP contribution < -0.4 is 9.03 Å². The summed E-state index contributed by atoms with van der Waals surface area (Å²) in [5.41, 5.74) is -1.48. The van der Waals surface area contributed by atoms with Gasteiger partial charge in [0.1, 0.15) is 10.5 Å². The molecule has 0 spiro atoms. The molecule has 0 aromatic heterocycles. The fraction of sp³-hybridized carbons (Fsp3) is 0.667. The fourth-order valence-electron chi connectivity index (χ4n) is 5.56. The molecule has 2 aliphatic carbocycles. The van der Waals surface area contributed by atoms with Crippen LogP contribution in [0.2, 0.25) is 0 Å². The number of nitrogens with zero attached hydrogens (tertiary/aromatic N) is 1. The summed E-state index contributed by atoms with van der Waals surface area (Å²) in [6.45, 7) is 1.17. The molecule has 4 atom stereocenters. The number of phenolic OH excluding ortho intramolecular Hbond substituents is 1. The highest BCUT2D eigenvalue weighted by Gasteiger charge is 2.70. The molecule has 1 aromatic rings. The number of fused-ring (bicyclic) bond motifs is 5. The second-order valence-corrected chi connectivity index (χ2v) is 12.5. The summed E-state index contributed by atoms with van der Waals surface area (Å²) in [5.74, 6) is -1.71. The lowest BCUT2D eigenvalue weighted by Gasteiger charge is -2.37. The third-order valence-corrected chi connectivity index (χ3v) is 11.0. The fourth-order valence-corrected chi connectivity index (χ4v) is 9.01. The summed E-state index contributed by atoms with van der Waals surface area (Å²) in [6, 6.07) is 2.62. The van der Waals surface area contributed by atoms with Gasteiger partial charge in [0.25, 0.3) is 0 Å². The standard InChI is InChI=1S/C18H23F3N2O5S2/c1-2-29(25,26)22-10-17-12-4-3-11(7-12)15(17)9-23(30(17,27)28)13-5-6-16(24)14(8-13)18(19,20)21/h5-6,8,11-12,15,22,24H,2-4,7,9-10H2,1H3/t11-,12+,15+,17-/m1/s1. The van der Waals surface area contributed by atoms with Crippen LogP contribution in [0, 0.1) is 17.8 Å². The van der Waals surface area contributed by atoms with Crippen molar-refractivity contribution < 1.29 is 35.1 Å². The summed E-state index contributed by atoms with van der Waals surface area (Å²) >= 11 is 0. The van der Waals surface area contributed by atoms with E-state index in [0.29, 0.717) is 18.9 Å². The lowest BCUT2D eigenvalue weighted by atomic mass is 9.78. The number of sulfonamides is 2. The number of hydrogen-bond donors (Lipinski definition) is 2.